The number of amides is 1. The molecule has 0 aliphatic rings. The minimum Gasteiger partial charge on any atom is -0.493 e. The number of H-pyrrole nitrogens is 1. The summed E-state index contributed by atoms with van der Waals surface area (Å²) in [7, 11) is 2.65. The highest BCUT2D eigenvalue weighted by Gasteiger charge is 2.20. The number of aromatic amines is 1. The maximum atomic E-state index is 13.3. The number of nitrogens with zero attached hydrogens (tertiary/aromatic N) is 1. The SMILES string of the molecule is COc1cc(/C=C(/C(=O)NCc2ccccc2)c2nc3ccccc3[nH]2)cc(OC)c1OC(F)F. The number of benzene rings is 3. The number of aromatic nitrogens is 2. The lowest BCUT2D eigenvalue weighted by atomic mass is 10.1. The van der Waals surface area contributed by atoms with Gasteiger partial charge in [0.15, 0.2) is 11.5 Å². The number of imidazole rings is 1. The standard InChI is InChI=1S/C26H23F2N3O4/c1-33-21-13-17(14-22(34-2)23(21)35-26(27)28)12-18(24-30-19-10-6-7-11-20(19)31-24)25(32)29-15-16-8-4-3-5-9-16/h3-14,26H,15H2,1-2H3,(H,29,32)(H,30,31)/b18-12+. The second-order valence-electron chi connectivity index (χ2n) is 7.46. The Balaban J connectivity index is 1.76. The molecule has 0 aliphatic carbocycles. The smallest absolute Gasteiger partial charge is 0.387 e. The zero-order chi connectivity index (χ0) is 24.8. The second kappa shape index (κ2) is 10.7. The Morgan fingerprint density at radius 2 is 1.69 bits per heavy atom. The van der Waals surface area contributed by atoms with Crippen molar-refractivity contribution >= 4 is 28.6 Å². The second-order valence-corrected chi connectivity index (χ2v) is 7.46. The monoisotopic (exact) mass is 479 g/mol. The van der Waals surface area contributed by atoms with Gasteiger partial charge in [0.1, 0.15) is 5.82 Å². The minimum atomic E-state index is -3.06. The van der Waals surface area contributed by atoms with Crippen molar-refractivity contribution in [2.45, 2.75) is 13.2 Å². The number of rotatable bonds is 9. The lowest BCUT2D eigenvalue weighted by Gasteiger charge is -2.15. The quantitative estimate of drug-likeness (QED) is 0.329. The lowest BCUT2D eigenvalue weighted by Crippen LogP contribution is -2.24. The Kier molecular flexibility index (Phi) is 7.25. The van der Waals surface area contributed by atoms with E-state index in [1.165, 1.54) is 26.4 Å². The number of ether oxygens (including phenoxy) is 3. The van der Waals surface area contributed by atoms with Crippen LogP contribution in [0.3, 0.4) is 0 Å². The van der Waals surface area contributed by atoms with Crippen molar-refractivity contribution in [2.75, 3.05) is 14.2 Å². The van der Waals surface area contributed by atoms with Gasteiger partial charge in [-0.2, -0.15) is 8.78 Å². The Morgan fingerprint density at radius 3 is 2.31 bits per heavy atom. The first-order valence-corrected chi connectivity index (χ1v) is 10.7. The molecule has 1 aromatic heterocycles. The summed E-state index contributed by atoms with van der Waals surface area (Å²) in [6.45, 7) is -2.75. The van der Waals surface area contributed by atoms with Crippen LogP contribution in [-0.4, -0.2) is 36.7 Å². The first-order chi connectivity index (χ1) is 17.0. The first kappa shape index (κ1) is 23.7. The van der Waals surface area contributed by atoms with Crippen molar-refractivity contribution < 1.29 is 27.8 Å². The number of halogens is 2. The van der Waals surface area contributed by atoms with Crippen molar-refractivity contribution in [3.63, 3.8) is 0 Å². The number of methoxy groups -OCH3 is 2. The van der Waals surface area contributed by atoms with E-state index >= 15 is 0 Å². The van der Waals surface area contributed by atoms with Crippen LogP contribution in [0.1, 0.15) is 17.0 Å². The fraction of sp³-hybridized carbons (Fsp3) is 0.154. The van der Waals surface area contributed by atoms with E-state index in [-0.39, 0.29) is 28.7 Å². The molecule has 1 amide bonds. The molecular weight excluding hydrogens is 456 g/mol. The van der Waals surface area contributed by atoms with Gasteiger partial charge < -0.3 is 24.5 Å². The molecule has 0 atom stereocenters. The third kappa shape index (κ3) is 5.57. The fourth-order valence-corrected chi connectivity index (χ4v) is 3.55. The number of hydrogen-bond donors (Lipinski definition) is 2. The first-order valence-electron chi connectivity index (χ1n) is 10.7. The molecule has 0 radical (unpaired) electrons. The average molecular weight is 479 g/mol. The van der Waals surface area contributed by atoms with E-state index in [0.717, 1.165) is 11.1 Å². The van der Waals surface area contributed by atoms with Crippen molar-refractivity contribution in [2.24, 2.45) is 0 Å². The van der Waals surface area contributed by atoms with E-state index in [4.69, 9.17) is 9.47 Å². The van der Waals surface area contributed by atoms with Gasteiger partial charge in [0, 0.05) is 6.54 Å². The summed E-state index contributed by atoms with van der Waals surface area (Å²) in [4.78, 5) is 21.0. The third-order valence-electron chi connectivity index (χ3n) is 5.19. The van der Waals surface area contributed by atoms with Crippen molar-refractivity contribution in [1.29, 1.82) is 0 Å². The van der Waals surface area contributed by atoms with Gasteiger partial charge in [-0.15, -0.1) is 0 Å². The zero-order valence-corrected chi connectivity index (χ0v) is 19.0. The summed E-state index contributed by atoms with van der Waals surface area (Å²) < 4.78 is 40.9. The van der Waals surface area contributed by atoms with E-state index in [1.54, 1.807) is 6.08 Å². The molecule has 7 nitrogen and oxygen atoms in total. The van der Waals surface area contributed by atoms with Gasteiger partial charge in [-0.05, 0) is 41.5 Å². The van der Waals surface area contributed by atoms with Gasteiger partial charge in [0.2, 0.25) is 5.75 Å². The predicted octanol–water partition coefficient (Wildman–Crippen LogP) is 5.04. The maximum Gasteiger partial charge on any atom is 0.387 e. The van der Waals surface area contributed by atoms with Crippen LogP contribution in [-0.2, 0) is 11.3 Å². The molecule has 0 saturated heterocycles. The summed E-state index contributed by atoms with van der Waals surface area (Å²) in [5.74, 6) is -0.198. The molecule has 9 heteroatoms. The topological polar surface area (TPSA) is 85.5 Å². The molecule has 4 aromatic rings. The summed E-state index contributed by atoms with van der Waals surface area (Å²) in [6, 6.07) is 19.8. The largest absolute Gasteiger partial charge is 0.493 e. The van der Waals surface area contributed by atoms with Crippen LogP contribution in [0.4, 0.5) is 8.78 Å². The highest BCUT2D eigenvalue weighted by atomic mass is 19.3. The molecule has 4 rings (SSSR count). The molecule has 0 unspecified atom stereocenters. The highest BCUT2D eigenvalue weighted by Crippen LogP contribution is 2.40. The molecule has 0 fully saturated rings. The molecule has 1 heterocycles. The van der Waals surface area contributed by atoms with Crippen molar-refractivity contribution in [3.05, 3.63) is 83.7 Å². The van der Waals surface area contributed by atoms with Gasteiger partial charge in [-0.3, -0.25) is 4.79 Å². The Bertz CT molecular complexity index is 1300. The maximum absolute atomic E-state index is 13.3. The van der Waals surface area contributed by atoms with Crippen molar-refractivity contribution in [3.8, 4) is 17.2 Å². The summed E-state index contributed by atoms with van der Waals surface area (Å²) in [5.41, 5.74) is 3.09. The summed E-state index contributed by atoms with van der Waals surface area (Å²) >= 11 is 0. The molecule has 35 heavy (non-hydrogen) atoms. The molecule has 2 N–H and O–H groups in total. The number of nitrogens with one attached hydrogen (secondary N) is 2. The van der Waals surface area contributed by atoms with Crippen LogP contribution >= 0.6 is 0 Å². The van der Waals surface area contributed by atoms with Crippen LogP contribution in [0.5, 0.6) is 17.2 Å². The molecular formula is C26H23F2N3O4. The molecule has 180 valence electrons. The van der Waals surface area contributed by atoms with E-state index in [1.807, 2.05) is 54.6 Å². The van der Waals surface area contributed by atoms with Gasteiger partial charge in [-0.25, -0.2) is 4.98 Å². The Hall–Kier alpha value is -4.40. The van der Waals surface area contributed by atoms with Gasteiger partial charge in [0.05, 0.1) is 30.8 Å². The Labute approximate surface area is 200 Å². The summed E-state index contributed by atoms with van der Waals surface area (Å²) in [6.07, 6.45) is 1.58. The fourth-order valence-electron chi connectivity index (χ4n) is 3.55. The normalized spacial score (nSPS) is 11.5. The van der Waals surface area contributed by atoms with Gasteiger partial charge >= 0.3 is 6.61 Å². The van der Waals surface area contributed by atoms with Crippen LogP contribution < -0.4 is 19.5 Å². The molecule has 0 saturated carbocycles. The number of carbonyl (C=O) groups is 1. The number of alkyl halides is 2. The van der Waals surface area contributed by atoms with E-state index in [9.17, 15) is 13.6 Å². The Morgan fingerprint density at radius 1 is 1.03 bits per heavy atom. The average Bonchev–Trinajstić information content (AvgIpc) is 3.30. The van der Waals surface area contributed by atoms with E-state index in [0.29, 0.717) is 23.4 Å². The minimum absolute atomic E-state index is 0.0320. The van der Waals surface area contributed by atoms with Crippen molar-refractivity contribution in [1.82, 2.24) is 15.3 Å². The molecule has 0 spiro atoms. The number of hydrogen-bond acceptors (Lipinski definition) is 5. The third-order valence-corrected chi connectivity index (χ3v) is 5.19. The molecule has 0 bridgehead atoms. The highest BCUT2D eigenvalue weighted by molar-refractivity contribution is 6.23. The van der Waals surface area contributed by atoms with E-state index in [2.05, 4.69) is 20.0 Å². The number of para-hydroxylation sites is 2. The van der Waals surface area contributed by atoms with Crippen LogP contribution in [0.15, 0.2) is 66.7 Å². The van der Waals surface area contributed by atoms with Gasteiger partial charge in [0.25, 0.3) is 5.91 Å². The van der Waals surface area contributed by atoms with Crippen LogP contribution in [0, 0.1) is 0 Å². The molecule has 3 aromatic carbocycles. The predicted molar refractivity (Wildman–Crippen MR) is 128 cm³/mol. The van der Waals surface area contributed by atoms with Crippen LogP contribution in [0.2, 0.25) is 0 Å². The van der Waals surface area contributed by atoms with Gasteiger partial charge in [-0.1, -0.05) is 42.5 Å². The lowest BCUT2D eigenvalue weighted by molar-refractivity contribution is -0.115. The zero-order valence-electron chi connectivity index (χ0n) is 19.0. The van der Waals surface area contributed by atoms with Crippen LogP contribution in [0.25, 0.3) is 22.7 Å². The molecule has 0 aliphatic heterocycles. The van der Waals surface area contributed by atoms with E-state index < -0.39 is 6.61 Å². The number of carbonyl (C=O) groups excluding carboxylic acids is 1. The number of fused-ring (bicyclic) bond motifs is 1. The summed E-state index contributed by atoms with van der Waals surface area (Å²) in [5, 5.41) is 2.90.